The van der Waals surface area contributed by atoms with Crippen LogP contribution in [0, 0.1) is 6.92 Å². The van der Waals surface area contributed by atoms with Crippen molar-refractivity contribution in [1.82, 2.24) is 4.90 Å². The van der Waals surface area contributed by atoms with Gasteiger partial charge in [-0.1, -0.05) is 61.5 Å². The molecule has 5 nitrogen and oxygen atoms in total. The number of aryl methyl sites for hydroxylation is 2. The maximum atomic E-state index is 13.6. The molecule has 0 radical (unpaired) electrons. The third-order valence-electron chi connectivity index (χ3n) is 5.62. The van der Waals surface area contributed by atoms with E-state index in [4.69, 9.17) is 4.74 Å². The molecule has 0 saturated carbocycles. The maximum Gasteiger partial charge on any atom is 0.251 e. The van der Waals surface area contributed by atoms with E-state index in [1.54, 1.807) is 4.90 Å². The summed E-state index contributed by atoms with van der Waals surface area (Å²) in [5.74, 6) is 0.974. The van der Waals surface area contributed by atoms with E-state index in [-0.39, 0.29) is 11.8 Å². The van der Waals surface area contributed by atoms with Gasteiger partial charge >= 0.3 is 0 Å². The molecule has 0 unspecified atom stereocenters. The Morgan fingerprint density at radius 3 is 2.45 bits per heavy atom. The standard InChI is InChI=1S/C26H26N2O3/c1-3-19-11-9-10-18(2)24(19)27-26(30)25(28-17-16-23(28)29)21-14-7-8-15-22(21)31-20-12-5-4-6-13-20/h4-15,25H,3,16-17H2,1-2H3,(H,27,30)/t25-/m1/s1. The number of anilines is 1. The van der Waals surface area contributed by atoms with Crippen LogP contribution >= 0.6 is 0 Å². The summed E-state index contributed by atoms with van der Waals surface area (Å²) in [4.78, 5) is 27.5. The van der Waals surface area contributed by atoms with Gasteiger partial charge in [-0.3, -0.25) is 9.59 Å². The summed E-state index contributed by atoms with van der Waals surface area (Å²) >= 11 is 0. The van der Waals surface area contributed by atoms with Crippen LogP contribution in [0.25, 0.3) is 0 Å². The Balaban J connectivity index is 1.70. The first kappa shape index (κ1) is 20.7. The third-order valence-corrected chi connectivity index (χ3v) is 5.62. The summed E-state index contributed by atoms with van der Waals surface area (Å²) in [6.07, 6.45) is 1.26. The lowest BCUT2D eigenvalue weighted by molar-refractivity contribution is -0.147. The van der Waals surface area contributed by atoms with E-state index in [1.807, 2.05) is 79.7 Å². The molecule has 2 amide bonds. The van der Waals surface area contributed by atoms with Gasteiger partial charge in [-0.2, -0.15) is 0 Å². The van der Waals surface area contributed by atoms with E-state index >= 15 is 0 Å². The average Bonchev–Trinajstić information content (AvgIpc) is 2.78. The van der Waals surface area contributed by atoms with Gasteiger partial charge in [0.15, 0.2) is 0 Å². The number of para-hydroxylation sites is 3. The van der Waals surface area contributed by atoms with Crippen molar-refractivity contribution < 1.29 is 14.3 Å². The normalized spacial score (nSPS) is 14.0. The fraction of sp³-hybridized carbons (Fsp3) is 0.231. The molecular weight excluding hydrogens is 388 g/mol. The van der Waals surface area contributed by atoms with Gasteiger partial charge in [0.25, 0.3) is 5.91 Å². The number of benzene rings is 3. The van der Waals surface area contributed by atoms with Crippen LogP contribution in [0.5, 0.6) is 11.5 Å². The van der Waals surface area contributed by atoms with Gasteiger partial charge in [0.1, 0.15) is 17.5 Å². The lowest BCUT2D eigenvalue weighted by Crippen LogP contribution is -2.49. The lowest BCUT2D eigenvalue weighted by Gasteiger charge is -2.38. The quantitative estimate of drug-likeness (QED) is 0.537. The van der Waals surface area contributed by atoms with Crippen molar-refractivity contribution in [2.45, 2.75) is 32.7 Å². The average molecular weight is 415 g/mol. The second-order valence-electron chi connectivity index (χ2n) is 7.64. The molecule has 1 saturated heterocycles. The molecule has 1 fully saturated rings. The van der Waals surface area contributed by atoms with Gasteiger partial charge < -0.3 is 15.0 Å². The van der Waals surface area contributed by atoms with Crippen LogP contribution in [0.15, 0.2) is 72.8 Å². The van der Waals surface area contributed by atoms with Gasteiger partial charge in [-0.05, 0) is 42.7 Å². The van der Waals surface area contributed by atoms with Crippen molar-refractivity contribution in [3.05, 3.63) is 89.5 Å². The second kappa shape index (κ2) is 9.04. The highest BCUT2D eigenvalue weighted by Gasteiger charge is 2.38. The first-order valence-electron chi connectivity index (χ1n) is 10.6. The van der Waals surface area contributed by atoms with Crippen LogP contribution in [0.2, 0.25) is 0 Å². The van der Waals surface area contributed by atoms with E-state index in [9.17, 15) is 9.59 Å². The van der Waals surface area contributed by atoms with E-state index in [1.165, 1.54) is 0 Å². The van der Waals surface area contributed by atoms with Crippen molar-refractivity contribution in [3.63, 3.8) is 0 Å². The van der Waals surface area contributed by atoms with E-state index in [2.05, 4.69) is 12.2 Å². The molecule has 1 N–H and O–H groups in total. The van der Waals surface area contributed by atoms with E-state index < -0.39 is 6.04 Å². The SMILES string of the molecule is CCc1cccc(C)c1NC(=O)[C@@H](c1ccccc1Oc1ccccc1)N1CCC1=O. The minimum absolute atomic E-state index is 0.0323. The number of rotatable bonds is 7. The summed E-state index contributed by atoms with van der Waals surface area (Å²) in [7, 11) is 0. The third kappa shape index (κ3) is 4.31. The predicted octanol–water partition coefficient (Wildman–Crippen LogP) is 5.26. The zero-order valence-electron chi connectivity index (χ0n) is 17.8. The highest BCUT2D eigenvalue weighted by atomic mass is 16.5. The summed E-state index contributed by atoms with van der Waals surface area (Å²) in [5.41, 5.74) is 3.55. The number of carbonyl (C=O) groups is 2. The Morgan fingerprint density at radius 1 is 1.03 bits per heavy atom. The molecule has 5 heteroatoms. The molecule has 0 bridgehead atoms. The molecule has 4 rings (SSSR count). The second-order valence-corrected chi connectivity index (χ2v) is 7.64. The number of nitrogens with one attached hydrogen (secondary N) is 1. The number of amides is 2. The molecule has 0 spiro atoms. The number of ether oxygens (including phenoxy) is 1. The van der Waals surface area contributed by atoms with Crippen LogP contribution in [-0.2, 0) is 16.0 Å². The maximum absolute atomic E-state index is 13.6. The molecule has 1 aliphatic rings. The molecule has 1 atom stereocenters. The Morgan fingerprint density at radius 2 is 1.77 bits per heavy atom. The monoisotopic (exact) mass is 414 g/mol. The van der Waals surface area contributed by atoms with Crippen molar-refractivity contribution in [2.75, 3.05) is 11.9 Å². The molecule has 3 aromatic rings. The number of nitrogens with zero attached hydrogens (tertiary/aromatic N) is 1. The first-order valence-corrected chi connectivity index (χ1v) is 10.6. The molecule has 0 aromatic heterocycles. The Kier molecular flexibility index (Phi) is 6.03. The van der Waals surface area contributed by atoms with Gasteiger partial charge in [0.2, 0.25) is 5.91 Å². The zero-order chi connectivity index (χ0) is 21.8. The smallest absolute Gasteiger partial charge is 0.251 e. The number of likely N-dealkylation sites (tertiary alicyclic amines) is 1. The van der Waals surface area contributed by atoms with Crippen molar-refractivity contribution in [1.29, 1.82) is 0 Å². The summed E-state index contributed by atoms with van der Waals surface area (Å²) in [6, 6.07) is 22.1. The minimum atomic E-state index is -0.759. The predicted molar refractivity (Wildman–Crippen MR) is 121 cm³/mol. The number of β-lactam (4-membered cyclic amide) rings is 1. The summed E-state index contributed by atoms with van der Waals surface area (Å²) < 4.78 is 6.10. The topological polar surface area (TPSA) is 58.6 Å². The van der Waals surface area contributed by atoms with Gasteiger partial charge in [-0.25, -0.2) is 0 Å². The number of carbonyl (C=O) groups excluding carboxylic acids is 2. The summed E-state index contributed by atoms with van der Waals surface area (Å²) in [6.45, 7) is 4.58. The van der Waals surface area contributed by atoms with E-state index in [0.29, 0.717) is 30.0 Å². The molecule has 3 aromatic carbocycles. The van der Waals surface area contributed by atoms with Crippen LogP contribution in [0.4, 0.5) is 5.69 Å². The molecule has 1 aliphatic heterocycles. The summed E-state index contributed by atoms with van der Waals surface area (Å²) in [5, 5.41) is 3.10. The molecular formula is C26H26N2O3. The van der Waals surface area contributed by atoms with Crippen LogP contribution in [0.3, 0.4) is 0 Å². The largest absolute Gasteiger partial charge is 0.457 e. The van der Waals surface area contributed by atoms with Crippen molar-refractivity contribution in [3.8, 4) is 11.5 Å². The van der Waals surface area contributed by atoms with Gasteiger partial charge in [0, 0.05) is 24.2 Å². The highest BCUT2D eigenvalue weighted by molar-refractivity contribution is 6.00. The molecule has 0 aliphatic carbocycles. The number of hydrogen-bond acceptors (Lipinski definition) is 3. The van der Waals surface area contributed by atoms with Crippen LogP contribution in [0.1, 0.15) is 36.1 Å². The van der Waals surface area contributed by atoms with E-state index in [0.717, 1.165) is 23.2 Å². The van der Waals surface area contributed by atoms with Crippen LogP contribution < -0.4 is 10.1 Å². The fourth-order valence-corrected chi connectivity index (χ4v) is 3.86. The Labute approximate surface area is 182 Å². The van der Waals surface area contributed by atoms with Crippen molar-refractivity contribution >= 4 is 17.5 Å². The molecule has 158 valence electrons. The first-order chi connectivity index (χ1) is 15.1. The lowest BCUT2D eigenvalue weighted by atomic mass is 9.98. The van der Waals surface area contributed by atoms with Crippen molar-refractivity contribution in [2.24, 2.45) is 0 Å². The fourth-order valence-electron chi connectivity index (χ4n) is 3.86. The number of hydrogen-bond donors (Lipinski definition) is 1. The zero-order valence-corrected chi connectivity index (χ0v) is 17.8. The highest BCUT2D eigenvalue weighted by Crippen LogP contribution is 2.36. The van der Waals surface area contributed by atoms with Crippen LogP contribution in [-0.4, -0.2) is 23.3 Å². The van der Waals surface area contributed by atoms with Gasteiger partial charge in [-0.15, -0.1) is 0 Å². The Bertz CT molecular complexity index is 1090. The molecule has 31 heavy (non-hydrogen) atoms. The Hall–Kier alpha value is -3.60. The van der Waals surface area contributed by atoms with Gasteiger partial charge in [0.05, 0.1) is 0 Å². The minimum Gasteiger partial charge on any atom is -0.457 e. The molecule has 1 heterocycles.